The van der Waals surface area contributed by atoms with Gasteiger partial charge in [0.15, 0.2) is 0 Å². The molecule has 0 unspecified atom stereocenters. The van der Waals surface area contributed by atoms with E-state index in [9.17, 15) is 14.4 Å². The Morgan fingerprint density at radius 1 is 1.05 bits per heavy atom. The fourth-order valence-electron chi connectivity index (χ4n) is 2.29. The maximum Gasteiger partial charge on any atom is 0.409 e. The smallest absolute Gasteiger partial charge is 0.409 e. The first kappa shape index (κ1) is 14.4. The van der Waals surface area contributed by atoms with Crippen molar-refractivity contribution in [3.05, 3.63) is 0 Å². The Morgan fingerprint density at radius 2 is 1.60 bits per heavy atom. The van der Waals surface area contributed by atoms with E-state index in [1.54, 1.807) is 16.7 Å². The van der Waals surface area contributed by atoms with Gasteiger partial charge in [-0.15, -0.1) is 0 Å². The second-order valence-electron chi connectivity index (χ2n) is 4.90. The van der Waals surface area contributed by atoms with Gasteiger partial charge in [0.05, 0.1) is 12.5 Å². The average molecular weight is 285 g/mol. The summed E-state index contributed by atoms with van der Waals surface area (Å²) in [6.07, 6.45) is -0.352. The van der Waals surface area contributed by atoms with Crippen molar-refractivity contribution in [2.75, 3.05) is 45.9 Å². The lowest BCUT2D eigenvalue weighted by Crippen LogP contribution is -2.60. The number of likely N-dealkylation sites (tertiary alicyclic amines) is 1. The zero-order chi connectivity index (χ0) is 14.7. The van der Waals surface area contributed by atoms with Crippen LogP contribution in [0.25, 0.3) is 0 Å². The van der Waals surface area contributed by atoms with Crippen LogP contribution >= 0.6 is 0 Å². The third kappa shape index (κ3) is 2.94. The summed E-state index contributed by atoms with van der Waals surface area (Å²) >= 11 is 0. The molecule has 0 aromatic heterocycles. The number of carbonyl (C=O) groups excluding carboxylic acids is 2. The van der Waals surface area contributed by atoms with E-state index in [4.69, 9.17) is 9.84 Å². The van der Waals surface area contributed by atoms with Crippen LogP contribution in [0.3, 0.4) is 0 Å². The molecule has 2 heterocycles. The second kappa shape index (κ2) is 5.98. The Labute approximate surface area is 116 Å². The zero-order valence-electron chi connectivity index (χ0n) is 11.4. The average Bonchev–Trinajstić information content (AvgIpc) is 2.37. The van der Waals surface area contributed by atoms with Gasteiger partial charge in [-0.25, -0.2) is 9.59 Å². The highest BCUT2D eigenvalue weighted by atomic mass is 16.6. The van der Waals surface area contributed by atoms with Gasteiger partial charge in [0.1, 0.15) is 0 Å². The molecule has 0 radical (unpaired) electrons. The summed E-state index contributed by atoms with van der Waals surface area (Å²) in [5.74, 6) is -1.30. The predicted molar refractivity (Wildman–Crippen MR) is 68.3 cm³/mol. The molecule has 2 aliphatic rings. The molecule has 20 heavy (non-hydrogen) atoms. The van der Waals surface area contributed by atoms with Gasteiger partial charge in [0, 0.05) is 39.3 Å². The van der Waals surface area contributed by atoms with E-state index >= 15 is 0 Å². The Balaban J connectivity index is 1.75. The molecule has 8 nitrogen and oxygen atoms in total. The van der Waals surface area contributed by atoms with Crippen molar-refractivity contribution in [2.45, 2.75) is 6.92 Å². The van der Waals surface area contributed by atoms with Gasteiger partial charge in [0.25, 0.3) is 0 Å². The minimum absolute atomic E-state index is 0.147. The molecule has 112 valence electrons. The molecule has 2 aliphatic heterocycles. The summed E-state index contributed by atoms with van der Waals surface area (Å²) < 4.78 is 4.91. The monoisotopic (exact) mass is 285 g/mol. The normalized spacial score (nSPS) is 19.6. The maximum atomic E-state index is 12.1. The van der Waals surface area contributed by atoms with Gasteiger partial charge in [-0.2, -0.15) is 0 Å². The number of amides is 3. The number of piperazine rings is 1. The van der Waals surface area contributed by atoms with Crippen molar-refractivity contribution in [3.63, 3.8) is 0 Å². The molecule has 8 heteroatoms. The third-order valence-corrected chi connectivity index (χ3v) is 3.58. The van der Waals surface area contributed by atoms with E-state index < -0.39 is 11.9 Å². The molecular formula is C12H19N3O5. The molecule has 3 amide bonds. The van der Waals surface area contributed by atoms with Gasteiger partial charge >= 0.3 is 18.1 Å². The number of hydrogen-bond donors (Lipinski definition) is 1. The lowest BCUT2D eigenvalue weighted by atomic mass is 10.0. The van der Waals surface area contributed by atoms with Gasteiger partial charge in [-0.3, -0.25) is 4.79 Å². The molecule has 0 atom stereocenters. The molecule has 2 saturated heterocycles. The molecule has 0 aliphatic carbocycles. The first-order valence-corrected chi connectivity index (χ1v) is 6.71. The summed E-state index contributed by atoms with van der Waals surface area (Å²) in [4.78, 5) is 39.0. The van der Waals surface area contributed by atoms with E-state index in [2.05, 4.69) is 0 Å². The van der Waals surface area contributed by atoms with Crippen LogP contribution in [-0.2, 0) is 9.53 Å². The van der Waals surface area contributed by atoms with Crippen molar-refractivity contribution in [2.24, 2.45) is 5.92 Å². The number of ether oxygens (including phenoxy) is 1. The van der Waals surface area contributed by atoms with Crippen LogP contribution in [0.5, 0.6) is 0 Å². The molecule has 0 bridgehead atoms. The molecule has 2 fully saturated rings. The number of rotatable bonds is 2. The van der Waals surface area contributed by atoms with E-state index in [1.807, 2.05) is 0 Å². The number of urea groups is 1. The van der Waals surface area contributed by atoms with E-state index in [1.165, 1.54) is 4.90 Å². The first-order valence-electron chi connectivity index (χ1n) is 6.71. The van der Waals surface area contributed by atoms with Crippen molar-refractivity contribution >= 4 is 18.1 Å². The fourth-order valence-corrected chi connectivity index (χ4v) is 2.29. The quantitative estimate of drug-likeness (QED) is 0.765. The van der Waals surface area contributed by atoms with Gasteiger partial charge in [0.2, 0.25) is 0 Å². The van der Waals surface area contributed by atoms with Crippen LogP contribution in [0.2, 0.25) is 0 Å². The summed E-state index contributed by atoms with van der Waals surface area (Å²) in [6, 6.07) is -0.147. The molecular weight excluding hydrogens is 266 g/mol. The van der Waals surface area contributed by atoms with Crippen LogP contribution in [0.4, 0.5) is 9.59 Å². The number of carboxylic acid groups (broad SMARTS) is 1. The summed E-state index contributed by atoms with van der Waals surface area (Å²) in [6.45, 7) is 4.42. The van der Waals surface area contributed by atoms with Gasteiger partial charge in [-0.1, -0.05) is 0 Å². The highest BCUT2D eigenvalue weighted by Gasteiger charge is 2.38. The Hall–Kier alpha value is -1.99. The number of aliphatic carboxylic acids is 1. The third-order valence-electron chi connectivity index (χ3n) is 3.58. The molecule has 0 spiro atoms. The standard InChI is InChI=1S/C12H19N3O5/c1-2-20-12(19)14-5-3-13(4-6-14)11(18)15-7-9(8-15)10(16)17/h9H,2-8H2,1H3,(H,16,17). The van der Waals surface area contributed by atoms with Gasteiger partial charge < -0.3 is 24.5 Å². The summed E-state index contributed by atoms with van der Waals surface area (Å²) in [5.41, 5.74) is 0. The highest BCUT2D eigenvalue weighted by Crippen LogP contribution is 2.18. The Bertz CT molecular complexity index is 400. The van der Waals surface area contributed by atoms with E-state index in [0.717, 1.165) is 0 Å². The van der Waals surface area contributed by atoms with Crippen LogP contribution in [0.1, 0.15) is 6.92 Å². The molecule has 1 N–H and O–H groups in total. The largest absolute Gasteiger partial charge is 0.481 e. The summed E-state index contributed by atoms with van der Waals surface area (Å²) in [7, 11) is 0. The lowest BCUT2D eigenvalue weighted by Gasteiger charge is -2.42. The van der Waals surface area contributed by atoms with Crippen LogP contribution in [0.15, 0.2) is 0 Å². The molecule has 0 saturated carbocycles. The van der Waals surface area contributed by atoms with Crippen molar-refractivity contribution in [1.82, 2.24) is 14.7 Å². The minimum Gasteiger partial charge on any atom is -0.481 e. The zero-order valence-corrected chi connectivity index (χ0v) is 11.4. The number of carbonyl (C=O) groups is 3. The maximum absolute atomic E-state index is 12.1. The Kier molecular flexibility index (Phi) is 4.31. The molecule has 0 aromatic rings. The SMILES string of the molecule is CCOC(=O)N1CCN(C(=O)N2CC(C(=O)O)C2)CC1. The Morgan fingerprint density at radius 3 is 2.10 bits per heavy atom. The van der Waals surface area contributed by atoms with E-state index in [0.29, 0.717) is 32.8 Å². The topological polar surface area (TPSA) is 90.4 Å². The summed E-state index contributed by atoms with van der Waals surface area (Å²) in [5, 5.41) is 8.78. The van der Waals surface area contributed by atoms with Crippen molar-refractivity contribution < 1.29 is 24.2 Å². The number of carboxylic acids is 1. The van der Waals surface area contributed by atoms with Crippen LogP contribution < -0.4 is 0 Å². The first-order chi connectivity index (χ1) is 9.52. The van der Waals surface area contributed by atoms with Crippen LogP contribution in [0, 0.1) is 5.92 Å². The molecule has 0 aromatic carbocycles. The number of nitrogens with zero attached hydrogens (tertiary/aromatic N) is 3. The van der Waals surface area contributed by atoms with Crippen LogP contribution in [-0.4, -0.2) is 83.8 Å². The highest BCUT2D eigenvalue weighted by molar-refractivity contribution is 5.80. The minimum atomic E-state index is -0.860. The predicted octanol–water partition coefficient (Wildman–Crippen LogP) is -0.103. The second-order valence-corrected chi connectivity index (χ2v) is 4.90. The van der Waals surface area contributed by atoms with Gasteiger partial charge in [-0.05, 0) is 6.92 Å². The lowest BCUT2D eigenvalue weighted by molar-refractivity contribution is -0.146. The number of hydrogen-bond acceptors (Lipinski definition) is 4. The fraction of sp³-hybridized carbons (Fsp3) is 0.750. The van der Waals surface area contributed by atoms with Crippen molar-refractivity contribution in [3.8, 4) is 0 Å². The molecule has 2 rings (SSSR count). The van der Waals surface area contributed by atoms with Crippen molar-refractivity contribution in [1.29, 1.82) is 0 Å². The van der Waals surface area contributed by atoms with E-state index in [-0.39, 0.29) is 25.2 Å².